The van der Waals surface area contributed by atoms with Gasteiger partial charge in [-0.15, -0.1) is 0 Å². The third kappa shape index (κ3) is 3.81. The van der Waals surface area contributed by atoms with Crippen molar-refractivity contribution in [2.45, 2.75) is 18.9 Å². The summed E-state index contributed by atoms with van der Waals surface area (Å²) < 4.78 is 0. The highest BCUT2D eigenvalue weighted by Crippen LogP contribution is 2.14. The number of piperazine rings is 1. The van der Waals surface area contributed by atoms with Crippen molar-refractivity contribution in [1.82, 2.24) is 15.1 Å². The average molecular weight is 265 g/mol. The number of nitrogens with zero attached hydrogens (tertiary/aromatic N) is 2. The molecular weight excluding hydrogens is 242 g/mol. The number of aliphatic hydroxyl groups is 1. The van der Waals surface area contributed by atoms with E-state index in [1.54, 1.807) is 0 Å². The number of allylic oxidation sites excluding steroid dienone is 2. The number of likely N-dealkylation sites (N-methyl/N-ethyl adjacent to an activating group) is 1. The summed E-state index contributed by atoms with van der Waals surface area (Å²) >= 11 is 0. The smallest absolute Gasteiger partial charge is 0.270 e. The van der Waals surface area contributed by atoms with Gasteiger partial charge in [0.05, 0.1) is 6.10 Å². The molecule has 0 spiro atoms. The van der Waals surface area contributed by atoms with Crippen molar-refractivity contribution in [2.75, 3.05) is 39.8 Å². The normalized spacial score (nSPS) is 28.9. The van der Waals surface area contributed by atoms with Crippen LogP contribution in [-0.2, 0) is 4.79 Å². The van der Waals surface area contributed by atoms with E-state index in [-0.39, 0.29) is 5.91 Å². The summed E-state index contributed by atoms with van der Waals surface area (Å²) in [6, 6.07) is 0. The maximum atomic E-state index is 12.4. The van der Waals surface area contributed by atoms with Crippen LogP contribution in [0.4, 0.5) is 0 Å². The van der Waals surface area contributed by atoms with Crippen LogP contribution >= 0.6 is 0 Å². The van der Waals surface area contributed by atoms with E-state index in [4.69, 9.17) is 0 Å². The summed E-state index contributed by atoms with van der Waals surface area (Å²) in [4.78, 5) is 16.5. The Bertz CT molecular complexity index is 384. The fraction of sp³-hybridized carbons (Fsp3) is 0.643. The molecule has 1 fully saturated rings. The van der Waals surface area contributed by atoms with E-state index >= 15 is 0 Å². The quantitative estimate of drug-likeness (QED) is 0.698. The number of hydrogen-bond acceptors (Lipinski definition) is 4. The maximum absolute atomic E-state index is 12.4. The lowest BCUT2D eigenvalue weighted by Crippen LogP contribution is -2.49. The predicted octanol–water partition coefficient (Wildman–Crippen LogP) is -0.0552. The van der Waals surface area contributed by atoms with Gasteiger partial charge in [0, 0.05) is 32.7 Å². The van der Waals surface area contributed by atoms with E-state index in [2.05, 4.69) is 23.8 Å². The molecule has 2 aliphatic rings. The van der Waals surface area contributed by atoms with Crippen LogP contribution in [0.3, 0.4) is 0 Å². The fourth-order valence-electron chi connectivity index (χ4n) is 2.33. The Hall–Kier alpha value is -1.33. The molecule has 0 saturated carbocycles. The molecule has 1 atom stereocenters. The molecule has 0 aromatic rings. The molecule has 0 bridgehead atoms. The molecule has 0 radical (unpaired) electrons. The third-order valence-corrected chi connectivity index (χ3v) is 3.70. The average Bonchev–Trinajstić information content (AvgIpc) is 2.39. The first-order valence-corrected chi connectivity index (χ1v) is 6.85. The molecule has 2 heterocycles. The number of nitrogens with one attached hydrogen (secondary N) is 1. The summed E-state index contributed by atoms with van der Waals surface area (Å²) in [5.74, 6) is 0.0170. The molecule has 1 unspecified atom stereocenters. The maximum Gasteiger partial charge on any atom is 0.270 e. The topological polar surface area (TPSA) is 55.8 Å². The predicted molar refractivity (Wildman–Crippen MR) is 74.5 cm³/mol. The summed E-state index contributed by atoms with van der Waals surface area (Å²) in [5.41, 5.74) is 1.46. The number of aliphatic hydroxyl groups excluding tert-OH is 1. The van der Waals surface area contributed by atoms with E-state index in [0.29, 0.717) is 18.7 Å². The number of hydrogen-bond donors (Lipinski definition) is 2. The molecule has 2 aliphatic heterocycles. The Labute approximate surface area is 114 Å². The first-order chi connectivity index (χ1) is 9.06. The third-order valence-electron chi connectivity index (χ3n) is 3.70. The van der Waals surface area contributed by atoms with E-state index in [1.165, 1.54) is 0 Å². The molecule has 0 aromatic heterocycles. The number of rotatable bonds is 1. The van der Waals surface area contributed by atoms with Crippen LogP contribution in [0, 0.1) is 0 Å². The van der Waals surface area contributed by atoms with Crippen LogP contribution in [0.2, 0.25) is 0 Å². The van der Waals surface area contributed by atoms with Gasteiger partial charge in [-0.25, -0.2) is 0 Å². The zero-order valence-electron chi connectivity index (χ0n) is 11.6. The first-order valence-electron chi connectivity index (χ1n) is 6.85. The van der Waals surface area contributed by atoms with Crippen molar-refractivity contribution < 1.29 is 9.90 Å². The zero-order valence-corrected chi connectivity index (χ0v) is 11.6. The Kier molecular flexibility index (Phi) is 4.61. The van der Waals surface area contributed by atoms with Crippen LogP contribution < -0.4 is 5.32 Å². The Morgan fingerprint density at radius 3 is 2.79 bits per heavy atom. The number of amides is 1. The van der Waals surface area contributed by atoms with E-state index < -0.39 is 6.10 Å². The lowest BCUT2D eigenvalue weighted by atomic mass is 10.0. The van der Waals surface area contributed by atoms with Crippen molar-refractivity contribution in [1.29, 1.82) is 0 Å². The van der Waals surface area contributed by atoms with Gasteiger partial charge in [-0.2, -0.15) is 0 Å². The van der Waals surface area contributed by atoms with Crippen LogP contribution in [0.25, 0.3) is 0 Å². The van der Waals surface area contributed by atoms with Crippen LogP contribution in [0.1, 0.15) is 12.8 Å². The summed E-state index contributed by atoms with van der Waals surface area (Å²) in [5, 5.41) is 12.8. The van der Waals surface area contributed by atoms with Crippen molar-refractivity contribution in [2.24, 2.45) is 0 Å². The van der Waals surface area contributed by atoms with Crippen molar-refractivity contribution in [3.05, 3.63) is 23.9 Å². The van der Waals surface area contributed by atoms with Crippen molar-refractivity contribution in [3.8, 4) is 0 Å². The highest BCUT2D eigenvalue weighted by Gasteiger charge is 2.23. The van der Waals surface area contributed by atoms with Gasteiger partial charge in [0.15, 0.2) is 0 Å². The minimum Gasteiger partial charge on any atom is -0.391 e. The van der Waals surface area contributed by atoms with Gasteiger partial charge in [0.2, 0.25) is 0 Å². The summed E-state index contributed by atoms with van der Waals surface area (Å²) in [7, 11) is 2.06. The van der Waals surface area contributed by atoms with Gasteiger partial charge >= 0.3 is 0 Å². The standard InChI is InChI=1S/C14H23N3O2/c1-11-3-4-12(18)10-15-13(9-11)14(19)17-7-5-16(2)6-8-17/h9,12,15,18H,1,3-8,10H2,2H3/b13-9-. The van der Waals surface area contributed by atoms with Crippen molar-refractivity contribution >= 4 is 5.91 Å². The zero-order chi connectivity index (χ0) is 13.8. The van der Waals surface area contributed by atoms with E-state index in [9.17, 15) is 9.90 Å². The molecule has 0 aliphatic carbocycles. The van der Waals surface area contributed by atoms with Gasteiger partial charge in [-0.3, -0.25) is 4.79 Å². The SMILES string of the molecule is C=C1/C=C(/C(=O)N2CCN(C)CC2)NCC(O)CC1. The van der Waals surface area contributed by atoms with Crippen LogP contribution in [0.15, 0.2) is 23.9 Å². The number of carbonyl (C=O) groups excluding carboxylic acids is 1. The van der Waals surface area contributed by atoms with E-state index in [0.717, 1.165) is 38.2 Å². The second-order valence-electron chi connectivity index (χ2n) is 5.39. The van der Waals surface area contributed by atoms with Gasteiger partial charge in [-0.05, 0) is 26.0 Å². The summed E-state index contributed by atoms with van der Waals surface area (Å²) in [6.45, 7) is 7.68. The van der Waals surface area contributed by atoms with Gasteiger partial charge in [0.1, 0.15) is 5.70 Å². The van der Waals surface area contributed by atoms with Gasteiger partial charge in [-0.1, -0.05) is 12.2 Å². The molecule has 5 nitrogen and oxygen atoms in total. The molecule has 1 saturated heterocycles. The first kappa shape index (κ1) is 14.1. The monoisotopic (exact) mass is 265 g/mol. The Morgan fingerprint density at radius 2 is 2.11 bits per heavy atom. The molecule has 106 valence electrons. The molecule has 5 heteroatoms. The fourth-order valence-corrected chi connectivity index (χ4v) is 2.33. The highest BCUT2D eigenvalue weighted by atomic mass is 16.3. The second-order valence-corrected chi connectivity index (χ2v) is 5.39. The minimum absolute atomic E-state index is 0.0170. The number of carbonyl (C=O) groups is 1. The number of β-amino-alcohol motifs (C(OH)–C–C–N with tert-alkyl or cyclic N) is 1. The Morgan fingerprint density at radius 1 is 1.42 bits per heavy atom. The lowest BCUT2D eigenvalue weighted by Gasteiger charge is -2.33. The minimum atomic E-state index is -0.416. The summed E-state index contributed by atoms with van der Waals surface area (Å²) in [6.07, 6.45) is 2.84. The van der Waals surface area contributed by atoms with Gasteiger partial charge in [0.25, 0.3) is 5.91 Å². The molecule has 1 amide bonds. The second kappa shape index (κ2) is 6.21. The highest BCUT2D eigenvalue weighted by molar-refractivity contribution is 5.93. The molecule has 2 N–H and O–H groups in total. The largest absolute Gasteiger partial charge is 0.391 e. The molecule has 2 rings (SSSR count). The lowest BCUT2D eigenvalue weighted by molar-refractivity contribution is -0.129. The van der Waals surface area contributed by atoms with Crippen LogP contribution in [-0.4, -0.2) is 66.7 Å². The van der Waals surface area contributed by atoms with E-state index in [1.807, 2.05) is 11.0 Å². The van der Waals surface area contributed by atoms with Gasteiger partial charge < -0.3 is 20.2 Å². The molecule has 0 aromatic carbocycles. The van der Waals surface area contributed by atoms with Crippen LogP contribution in [0.5, 0.6) is 0 Å². The Balaban J connectivity index is 2.03. The molecule has 19 heavy (non-hydrogen) atoms. The molecular formula is C14H23N3O2. The van der Waals surface area contributed by atoms with Crippen molar-refractivity contribution in [3.63, 3.8) is 0 Å².